The largest absolute Gasteiger partial charge is 0.497 e. The van der Waals surface area contributed by atoms with Gasteiger partial charge < -0.3 is 9.64 Å². The van der Waals surface area contributed by atoms with Gasteiger partial charge in [0.05, 0.1) is 26.2 Å². The molecule has 1 aliphatic rings. The van der Waals surface area contributed by atoms with Crippen LogP contribution in [-0.4, -0.2) is 49.6 Å². The minimum absolute atomic E-state index is 0.00817. The molecule has 0 spiro atoms. The van der Waals surface area contributed by atoms with Gasteiger partial charge in [0, 0.05) is 20.0 Å². The average Bonchev–Trinajstić information content (AvgIpc) is 2.94. The van der Waals surface area contributed by atoms with E-state index in [1.807, 2.05) is 31.2 Å². The molecular weight excluding hydrogens is 284 g/mol. The molecule has 2 amide bonds. The Morgan fingerprint density at radius 1 is 1.32 bits per heavy atom. The minimum Gasteiger partial charge on any atom is -0.497 e. The maximum Gasteiger partial charge on any atom is 0.251 e. The normalized spacial score (nSPS) is 19.2. The Bertz CT molecular complexity index is 544. The molecule has 22 heavy (non-hydrogen) atoms. The number of hydrogen-bond acceptors (Lipinski definition) is 4. The molecule has 1 unspecified atom stereocenters. The third-order valence-corrected chi connectivity index (χ3v) is 4.16. The maximum atomic E-state index is 12.2. The van der Waals surface area contributed by atoms with Crippen LogP contribution in [0.25, 0.3) is 0 Å². The second-order valence-corrected chi connectivity index (χ2v) is 5.41. The highest BCUT2D eigenvalue weighted by molar-refractivity contribution is 5.89. The Morgan fingerprint density at radius 3 is 2.50 bits per heavy atom. The first-order valence-electron chi connectivity index (χ1n) is 7.23. The Kier molecular flexibility index (Phi) is 5.03. The lowest BCUT2D eigenvalue weighted by Gasteiger charge is -2.25. The third kappa shape index (κ3) is 3.22. The summed E-state index contributed by atoms with van der Waals surface area (Å²) >= 11 is 0. The summed E-state index contributed by atoms with van der Waals surface area (Å²) in [5.74, 6) is 0.253. The second-order valence-electron chi connectivity index (χ2n) is 5.41. The van der Waals surface area contributed by atoms with Crippen molar-refractivity contribution in [2.75, 3.05) is 27.8 Å². The molecule has 6 heteroatoms. The van der Waals surface area contributed by atoms with E-state index in [1.165, 1.54) is 12.2 Å². The summed E-state index contributed by atoms with van der Waals surface area (Å²) < 4.78 is 5.14. The van der Waals surface area contributed by atoms with Crippen LogP contribution in [0.3, 0.4) is 0 Å². The van der Waals surface area contributed by atoms with Crippen molar-refractivity contribution in [2.24, 2.45) is 5.92 Å². The molecule has 6 nitrogen and oxygen atoms in total. The summed E-state index contributed by atoms with van der Waals surface area (Å²) in [7, 11) is 4.61. The van der Waals surface area contributed by atoms with Gasteiger partial charge in [0.15, 0.2) is 0 Å². The van der Waals surface area contributed by atoms with Crippen molar-refractivity contribution in [1.29, 1.82) is 0 Å². The van der Waals surface area contributed by atoms with Crippen LogP contribution in [-0.2, 0) is 14.4 Å². The van der Waals surface area contributed by atoms with Crippen LogP contribution < -0.4 is 4.74 Å². The van der Waals surface area contributed by atoms with Crippen LogP contribution in [0.15, 0.2) is 24.3 Å². The van der Waals surface area contributed by atoms with Crippen molar-refractivity contribution in [3.8, 4) is 5.75 Å². The molecule has 1 heterocycles. The quantitative estimate of drug-likeness (QED) is 0.776. The van der Waals surface area contributed by atoms with Crippen molar-refractivity contribution < 1.29 is 19.2 Å². The smallest absolute Gasteiger partial charge is 0.251 e. The molecule has 1 aromatic rings. The van der Waals surface area contributed by atoms with Gasteiger partial charge in [0.25, 0.3) is 5.91 Å². The van der Waals surface area contributed by atoms with Gasteiger partial charge in [-0.15, -0.1) is 0 Å². The zero-order valence-corrected chi connectivity index (χ0v) is 13.4. The molecule has 2 rings (SSSR count). The van der Waals surface area contributed by atoms with Gasteiger partial charge in [0.1, 0.15) is 5.75 Å². The van der Waals surface area contributed by atoms with E-state index in [4.69, 9.17) is 9.57 Å². The number of methoxy groups -OCH3 is 1. The summed E-state index contributed by atoms with van der Waals surface area (Å²) in [4.78, 5) is 31.0. The second kappa shape index (κ2) is 6.79. The highest BCUT2D eigenvalue weighted by Gasteiger charge is 2.38. The van der Waals surface area contributed by atoms with Crippen molar-refractivity contribution in [3.05, 3.63) is 29.8 Å². The molecule has 0 aromatic heterocycles. The number of rotatable bonds is 5. The number of carbonyl (C=O) groups excluding carboxylic acids is 2. The first-order chi connectivity index (χ1) is 10.5. The molecule has 0 radical (unpaired) electrons. The van der Waals surface area contributed by atoms with Gasteiger partial charge in [-0.3, -0.25) is 14.4 Å². The zero-order chi connectivity index (χ0) is 16.3. The standard InChI is InChI=1S/C16H22N2O4/c1-11(12-5-7-14(21-3)8-6-12)18-10-13(9-15(18)19)16(20)17(2)22-4/h5-8,11,13H,9-10H2,1-4H3/t11-,13?/m1/s1. The van der Waals surface area contributed by atoms with Crippen LogP contribution >= 0.6 is 0 Å². The monoisotopic (exact) mass is 306 g/mol. The summed E-state index contributed by atoms with van der Waals surface area (Å²) in [6, 6.07) is 7.53. The molecule has 1 saturated heterocycles. The van der Waals surface area contributed by atoms with Gasteiger partial charge in [0.2, 0.25) is 5.91 Å². The Labute approximate surface area is 130 Å². The number of hydrogen-bond donors (Lipinski definition) is 0. The lowest BCUT2D eigenvalue weighted by molar-refractivity contribution is -0.173. The fraction of sp³-hybridized carbons (Fsp3) is 0.500. The highest BCUT2D eigenvalue weighted by atomic mass is 16.7. The minimum atomic E-state index is -0.349. The molecule has 2 atom stereocenters. The lowest BCUT2D eigenvalue weighted by Crippen LogP contribution is -2.34. The fourth-order valence-corrected chi connectivity index (χ4v) is 2.68. The predicted molar refractivity (Wildman–Crippen MR) is 81.0 cm³/mol. The van der Waals surface area contributed by atoms with Crippen LogP contribution in [0.1, 0.15) is 24.9 Å². The van der Waals surface area contributed by atoms with Gasteiger partial charge in [-0.2, -0.15) is 0 Å². The van der Waals surface area contributed by atoms with Crippen molar-refractivity contribution in [1.82, 2.24) is 9.96 Å². The number of benzene rings is 1. The van der Waals surface area contributed by atoms with Crippen molar-refractivity contribution in [3.63, 3.8) is 0 Å². The van der Waals surface area contributed by atoms with Gasteiger partial charge in [-0.05, 0) is 24.6 Å². The predicted octanol–water partition coefficient (Wildman–Crippen LogP) is 1.62. The van der Waals surface area contributed by atoms with Crippen molar-refractivity contribution in [2.45, 2.75) is 19.4 Å². The topological polar surface area (TPSA) is 59.1 Å². The van der Waals surface area contributed by atoms with E-state index < -0.39 is 0 Å². The average molecular weight is 306 g/mol. The van der Waals surface area contributed by atoms with Crippen LogP contribution in [0.2, 0.25) is 0 Å². The third-order valence-electron chi connectivity index (χ3n) is 4.16. The Morgan fingerprint density at radius 2 is 1.95 bits per heavy atom. The highest BCUT2D eigenvalue weighted by Crippen LogP contribution is 2.30. The van der Waals surface area contributed by atoms with E-state index >= 15 is 0 Å². The molecular formula is C16H22N2O4. The summed E-state index contributed by atoms with van der Waals surface area (Å²) in [5, 5.41) is 1.18. The number of ether oxygens (including phenoxy) is 1. The van der Waals surface area contributed by atoms with E-state index in [9.17, 15) is 9.59 Å². The van der Waals surface area contributed by atoms with Gasteiger partial charge in [-0.1, -0.05) is 12.1 Å². The molecule has 0 N–H and O–H groups in total. The lowest BCUT2D eigenvalue weighted by atomic mass is 10.1. The Hall–Kier alpha value is -2.08. The first-order valence-corrected chi connectivity index (χ1v) is 7.23. The number of carbonyl (C=O) groups is 2. The SMILES string of the molecule is COc1ccc([C@@H](C)N2CC(C(=O)N(C)OC)CC2=O)cc1. The van der Waals surface area contributed by atoms with Crippen LogP contribution in [0.5, 0.6) is 5.75 Å². The number of amides is 2. The van der Waals surface area contributed by atoms with Crippen molar-refractivity contribution >= 4 is 11.8 Å². The summed E-state index contributed by atoms with van der Waals surface area (Å²) in [6.45, 7) is 2.38. The summed E-state index contributed by atoms with van der Waals surface area (Å²) in [5.41, 5.74) is 1.02. The molecule has 0 bridgehead atoms. The maximum absolute atomic E-state index is 12.2. The van der Waals surface area contributed by atoms with Crippen LogP contribution in [0, 0.1) is 5.92 Å². The molecule has 1 aromatic carbocycles. The van der Waals surface area contributed by atoms with Gasteiger partial charge >= 0.3 is 0 Å². The Balaban J connectivity index is 2.08. The van der Waals surface area contributed by atoms with E-state index in [0.717, 1.165) is 11.3 Å². The number of hydroxylamine groups is 2. The zero-order valence-electron chi connectivity index (χ0n) is 13.4. The van der Waals surface area contributed by atoms with Crippen LogP contribution in [0.4, 0.5) is 0 Å². The summed E-state index contributed by atoms with van der Waals surface area (Å²) in [6.07, 6.45) is 0.229. The number of likely N-dealkylation sites (tertiary alicyclic amines) is 1. The number of nitrogens with zero attached hydrogens (tertiary/aromatic N) is 2. The van der Waals surface area contributed by atoms with E-state index in [0.29, 0.717) is 6.54 Å². The van der Waals surface area contributed by atoms with E-state index in [2.05, 4.69) is 0 Å². The molecule has 1 aliphatic heterocycles. The van der Waals surface area contributed by atoms with E-state index in [1.54, 1.807) is 19.1 Å². The molecule has 0 aliphatic carbocycles. The molecule has 0 saturated carbocycles. The van der Waals surface area contributed by atoms with Gasteiger partial charge in [-0.25, -0.2) is 5.06 Å². The molecule has 1 fully saturated rings. The molecule has 120 valence electrons. The fourth-order valence-electron chi connectivity index (χ4n) is 2.68. The van der Waals surface area contributed by atoms with E-state index in [-0.39, 0.29) is 30.2 Å². The first kappa shape index (κ1) is 16.3.